The molecule has 7 heteroatoms. The maximum Gasteiger partial charge on any atom is 0.238 e. The number of nitrogens with zero attached hydrogens (tertiary/aromatic N) is 3. The summed E-state index contributed by atoms with van der Waals surface area (Å²) in [5.74, 6) is -0.472. The van der Waals surface area contributed by atoms with Crippen LogP contribution >= 0.6 is 0 Å². The third kappa shape index (κ3) is 5.34. The molecule has 3 rings (SSSR count). The summed E-state index contributed by atoms with van der Waals surface area (Å²) in [6, 6.07) is 6.89. The van der Waals surface area contributed by atoms with E-state index in [9.17, 15) is 14.0 Å². The van der Waals surface area contributed by atoms with Crippen LogP contribution in [-0.4, -0.2) is 73.3 Å². The van der Waals surface area contributed by atoms with Gasteiger partial charge in [-0.1, -0.05) is 18.2 Å². The maximum atomic E-state index is 14.0. The molecule has 2 N–H and O–H groups in total. The van der Waals surface area contributed by atoms with Gasteiger partial charge in [0.25, 0.3) is 0 Å². The Hall–Kier alpha value is -1.99. The molecule has 6 nitrogen and oxygen atoms in total. The Bertz CT molecular complexity index is 735. The highest BCUT2D eigenvalue weighted by Crippen LogP contribution is 2.47. The molecular weight excluding hydrogens is 371 g/mol. The monoisotopic (exact) mass is 404 g/mol. The smallest absolute Gasteiger partial charge is 0.238 e. The Morgan fingerprint density at radius 1 is 1.24 bits per heavy atom. The van der Waals surface area contributed by atoms with Crippen LogP contribution in [0.4, 0.5) is 4.39 Å². The number of benzene rings is 1. The summed E-state index contributed by atoms with van der Waals surface area (Å²) in [5.41, 5.74) is 5.27. The number of nitrogens with two attached hydrogens (primary N) is 1. The first-order valence-electron chi connectivity index (χ1n) is 10.5. The Morgan fingerprint density at radius 2 is 1.97 bits per heavy atom. The van der Waals surface area contributed by atoms with E-state index in [1.807, 2.05) is 36.0 Å². The van der Waals surface area contributed by atoms with Crippen LogP contribution in [-0.2, 0) is 16.1 Å². The quantitative estimate of drug-likeness (QED) is 0.636. The van der Waals surface area contributed by atoms with E-state index in [1.165, 1.54) is 6.07 Å². The van der Waals surface area contributed by atoms with Crippen molar-refractivity contribution in [2.24, 2.45) is 17.1 Å². The third-order valence-corrected chi connectivity index (χ3v) is 6.17. The number of carbonyl (C=O) groups excluding carboxylic acids is 2. The molecule has 160 valence electrons. The van der Waals surface area contributed by atoms with E-state index in [2.05, 4.69) is 4.90 Å². The Labute approximate surface area is 172 Å². The van der Waals surface area contributed by atoms with Gasteiger partial charge in [-0.05, 0) is 58.3 Å². The van der Waals surface area contributed by atoms with Gasteiger partial charge < -0.3 is 15.5 Å². The molecule has 0 aromatic heterocycles. The van der Waals surface area contributed by atoms with Crippen molar-refractivity contribution in [2.75, 3.05) is 46.8 Å². The van der Waals surface area contributed by atoms with Crippen LogP contribution in [0.2, 0.25) is 0 Å². The van der Waals surface area contributed by atoms with Crippen LogP contribution in [0.1, 0.15) is 31.2 Å². The van der Waals surface area contributed by atoms with Gasteiger partial charge in [0.2, 0.25) is 11.8 Å². The number of hydrogen-bond acceptors (Lipinski definition) is 4. The number of carbonyl (C=O) groups is 2. The van der Waals surface area contributed by atoms with Crippen LogP contribution in [0, 0.1) is 17.2 Å². The fourth-order valence-corrected chi connectivity index (χ4v) is 4.21. The van der Waals surface area contributed by atoms with E-state index in [-0.39, 0.29) is 11.7 Å². The van der Waals surface area contributed by atoms with E-state index in [0.29, 0.717) is 44.0 Å². The molecule has 2 aliphatic rings. The predicted octanol–water partition coefficient (Wildman–Crippen LogP) is 1.69. The lowest BCUT2D eigenvalue weighted by molar-refractivity contribution is -0.143. The lowest BCUT2D eigenvalue weighted by Crippen LogP contribution is -2.49. The van der Waals surface area contributed by atoms with Gasteiger partial charge in [0, 0.05) is 38.3 Å². The first-order valence-corrected chi connectivity index (χ1v) is 10.5. The van der Waals surface area contributed by atoms with Gasteiger partial charge in [0.1, 0.15) is 11.2 Å². The zero-order valence-electron chi connectivity index (χ0n) is 17.6. The number of likely N-dealkylation sites (tertiary alicyclic amines) is 1. The lowest BCUT2D eigenvalue weighted by atomic mass is 9.95. The fraction of sp³-hybridized carbons (Fsp3) is 0.636. The van der Waals surface area contributed by atoms with Crippen molar-refractivity contribution in [3.8, 4) is 0 Å². The third-order valence-electron chi connectivity index (χ3n) is 6.17. The van der Waals surface area contributed by atoms with Crippen LogP contribution in [0.15, 0.2) is 24.3 Å². The molecule has 1 aliphatic carbocycles. The Morgan fingerprint density at radius 3 is 2.59 bits per heavy atom. The van der Waals surface area contributed by atoms with Crippen LogP contribution in [0.5, 0.6) is 0 Å². The summed E-state index contributed by atoms with van der Waals surface area (Å²) in [6.07, 6.45) is 3.17. The zero-order valence-corrected chi connectivity index (χ0v) is 17.6. The van der Waals surface area contributed by atoms with Crippen molar-refractivity contribution in [1.29, 1.82) is 0 Å². The van der Waals surface area contributed by atoms with Gasteiger partial charge in [-0.3, -0.25) is 14.5 Å². The number of amides is 2. The van der Waals surface area contributed by atoms with Crippen LogP contribution < -0.4 is 5.73 Å². The van der Waals surface area contributed by atoms with Crippen molar-refractivity contribution in [1.82, 2.24) is 14.7 Å². The van der Waals surface area contributed by atoms with Gasteiger partial charge in [0.05, 0.1) is 0 Å². The van der Waals surface area contributed by atoms with Crippen molar-refractivity contribution in [3.05, 3.63) is 35.6 Å². The normalized spacial score (nSPS) is 21.2. The van der Waals surface area contributed by atoms with Gasteiger partial charge in [-0.15, -0.1) is 0 Å². The molecule has 1 saturated heterocycles. The highest BCUT2D eigenvalue weighted by molar-refractivity contribution is 6.07. The van der Waals surface area contributed by atoms with Gasteiger partial charge in [-0.25, -0.2) is 4.39 Å². The molecule has 2 amide bonds. The summed E-state index contributed by atoms with van der Waals surface area (Å²) >= 11 is 0. The van der Waals surface area contributed by atoms with Gasteiger partial charge in [-0.2, -0.15) is 0 Å². The molecule has 1 aromatic rings. The summed E-state index contributed by atoms with van der Waals surface area (Å²) in [7, 11) is 3.95. The molecule has 2 fully saturated rings. The minimum atomic E-state index is -0.978. The highest BCUT2D eigenvalue weighted by Gasteiger charge is 2.57. The molecule has 1 aliphatic heterocycles. The molecule has 1 heterocycles. The zero-order chi connectivity index (χ0) is 21.0. The largest absolute Gasteiger partial charge is 0.369 e. The van der Waals surface area contributed by atoms with Crippen molar-refractivity contribution in [3.63, 3.8) is 0 Å². The number of hydrogen-bond donors (Lipinski definition) is 1. The molecule has 1 unspecified atom stereocenters. The van der Waals surface area contributed by atoms with Gasteiger partial charge in [0.15, 0.2) is 0 Å². The SMILES string of the molecule is CN(C)CCN(CC1CCCN(Cc2ccccc2F)C1)C(=O)C1(C(N)=O)CC1. The highest BCUT2D eigenvalue weighted by atomic mass is 19.1. The number of primary amides is 1. The standard InChI is InChI=1S/C22H33FN4O2/c1-25(2)12-13-27(21(29)22(9-10-22)20(24)28)15-17-6-5-11-26(14-17)16-18-7-3-4-8-19(18)23/h3-4,7-8,17H,5-6,9-16H2,1-2H3,(H2,24,28). The van der Waals surface area contributed by atoms with E-state index >= 15 is 0 Å². The molecular formula is C22H33FN4O2. The molecule has 0 bridgehead atoms. The lowest BCUT2D eigenvalue weighted by Gasteiger charge is -2.37. The average molecular weight is 405 g/mol. The second-order valence-corrected chi connectivity index (χ2v) is 8.84. The van der Waals surface area contributed by atoms with Crippen molar-refractivity contribution >= 4 is 11.8 Å². The Balaban J connectivity index is 1.64. The number of rotatable bonds is 9. The molecule has 1 aromatic carbocycles. The molecule has 29 heavy (non-hydrogen) atoms. The van der Waals surface area contributed by atoms with Crippen molar-refractivity contribution in [2.45, 2.75) is 32.2 Å². The second-order valence-electron chi connectivity index (χ2n) is 8.84. The van der Waals surface area contributed by atoms with E-state index in [4.69, 9.17) is 5.73 Å². The minimum Gasteiger partial charge on any atom is -0.369 e. The predicted molar refractivity (Wildman–Crippen MR) is 110 cm³/mol. The topological polar surface area (TPSA) is 69.9 Å². The van der Waals surface area contributed by atoms with Crippen molar-refractivity contribution < 1.29 is 14.0 Å². The summed E-state index contributed by atoms with van der Waals surface area (Å²) in [5, 5.41) is 0. The van der Waals surface area contributed by atoms with Gasteiger partial charge >= 0.3 is 0 Å². The number of halogens is 1. The first kappa shape index (κ1) is 21.7. The van der Waals surface area contributed by atoms with E-state index < -0.39 is 11.3 Å². The number of piperidine rings is 1. The minimum absolute atomic E-state index is 0.113. The van der Waals surface area contributed by atoms with E-state index in [0.717, 1.165) is 32.5 Å². The number of likely N-dealkylation sites (N-methyl/N-ethyl adjacent to an activating group) is 1. The summed E-state index contributed by atoms with van der Waals surface area (Å²) in [6.45, 7) is 4.29. The molecule has 0 spiro atoms. The molecule has 1 atom stereocenters. The summed E-state index contributed by atoms with van der Waals surface area (Å²) < 4.78 is 14.0. The van der Waals surface area contributed by atoms with Crippen LogP contribution in [0.25, 0.3) is 0 Å². The summed E-state index contributed by atoms with van der Waals surface area (Å²) in [4.78, 5) is 31.1. The molecule has 0 radical (unpaired) electrons. The second kappa shape index (κ2) is 9.22. The van der Waals surface area contributed by atoms with Crippen LogP contribution in [0.3, 0.4) is 0 Å². The Kier molecular flexibility index (Phi) is 6.90. The maximum absolute atomic E-state index is 14.0. The van der Waals surface area contributed by atoms with E-state index in [1.54, 1.807) is 6.07 Å². The average Bonchev–Trinajstić information content (AvgIpc) is 3.49. The molecule has 1 saturated carbocycles. The fourth-order valence-electron chi connectivity index (χ4n) is 4.21. The first-order chi connectivity index (χ1) is 13.8.